The van der Waals surface area contributed by atoms with Gasteiger partial charge >= 0.3 is 0 Å². The van der Waals surface area contributed by atoms with E-state index in [0.29, 0.717) is 35.1 Å². The van der Waals surface area contributed by atoms with E-state index in [1.54, 1.807) is 26.4 Å². The van der Waals surface area contributed by atoms with Crippen LogP contribution in [0.1, 0.15) is 23.3 Å². The topological polar surface area (TPSA) is 87.6 Å². The van der Waals surface area contributed by atoms with Gasteiger partial charge in [-0.1, -0.05) is 12.1 Å². The Hall–Kier alpha value is -2.52. The summed E-state index contributed by atoms with van der Waals surface area (Å²) < 4.78 is 32.2. The van der Waals surface area contributed by atoms with Crippen molar-refractivity contribution in [3.05, 3.63) is 47.5 Å². The van der Waals surface area contributed by atoms with Crippen LogP contribution in [-0.4, -0.2) is 45.7 Å². The summed E-state index contributed by atoms with van der Waals surface area (Å²) >= 11 is 0. The van der Waals surface area contributed by atoms with Crippen LogP contribution in [0, 0.1) is 0 Å². The fourth-order valence-corrected chi connectivity index (χ4v) is 3.29. The summed E-state index contributed by atoms with van der Waals surface area (Å²) in [5.74, 6) is 2.62. The predicted molar refractivity (Wildman–Crippen MR) is 98.6 cm³/mol. The standard InChI is InChI=1S/C20H23NO7/c1-23-18(24-2)9-21-19(12-3-5-14-16(7-12)27-10-25-14)20(22)13-4-6-15-17(8-13)28-11-26-15/h3-8,18-22H,9-11H2,1-2H3/t19-,20-/m0/s1. The van der Waals surface area contributed by atoms with Crippen molar-refractivity contribution < 1.29 is 33.5 Å². The number of ether oxygens (including phenoxy) is 6. The average molecular weight is 389 g/mol. The molecule has 4 rings (SSSR count). The third kappa shape index (κ3) is 3.72. The zero-order chi connectivity index (χ0) is 19.5. The van der Waals surface area contributed by atoms with Gasteiger partial charge in [-0.25, -0.2) is 0 Å². The van der Waals surface area contributed by atoms with Gasteiger partial charge in [-0.05, 0) is 35.4 Å². The summed E-state index contributed by atoms with van der Waals surface area (Å²) in [6.45, 7) is 0.757. The molecule has 8 nitrogen and oxygen atoms in total. The van der Waals surface area contributed by atoms with Crippen molar-refractivity contribution in [1.29, 1.82) is 0 Å². The summed E-state index contributed by atoms with van der Waals surface area (Å²) in [5.41, 5.74) is 1.55. The molecule has 0 saturated heterocycles. The van der Waals surface area contributed by atoms with Crippen LogP contribution in [0.2, 0.25) is 0 Å². The highest BCUT2D eigenvalue weighted by atomic mass is 16.7. The second-order valence-corrected chi connectivity index (χ2v) is 6.46. The molecule has 0 aliphatic carbocycles. The molecule has 0 aromatic heterocycles. The summed E-state index contributed by atoms with van der Waals surface area (Å²) in [6, 6.07) is 10.6. The molecule has 8 heteroatoms. The van der Waals surface area contributed by atoms with Gasteiger partial charge in [-0.2, -0.15) is 0 Å². The van der Waals surface area contributed by atoms with Gasteiger partial charge in [0.2, 0.25) is 13.6 Å². The van der Waals surface area contributed by atoms with Gasteiger partial charge in [-0.3, -0.25) is 0 Å². The van der Waals surface area contributed by atoms with Crippen LogP contribution < -0.4 is 24.3 Å². The molecule has 2 N–H and O–H groups in total. The van der Waals surface area contributed by atoms with Crippen LogP contribution in [0.5, 0.6) is 23.0 Å². The van der Waals surface area contributed by atoms with E-state index < -0.39 is 18.4 Å². The molecule has 0 spiro atoms. The molecule has 0 amide bonds. The Morgan fingerprint density at radius 3 is 2.00 bits per heavy atom. The van der Waals surface area contributed by atoms with Gasteiger partial charge in [0.1, 0.15) is 0 Å². The number of methoxy groups -OCH3 is 2. The second-order valence-electron chi connectivity index (χ2n) is 6.46. The number of aliphatic hydroxyl groups is 1. The Morgan fingerprint density at radius 1 is 0.857 bits per heavy atom. The van der Waals surface area contributed by atoms with E-state index in [2.05, 4.69) is 5.32 Å². The fraction of sp³-hybridized carbons (Fsp3) is 0.400. The van der Waals surface area contributed by atoms with E-state index in [-0.39, 0.29) is 13.6 Å². The third-order valence-corrected chi connectivity index (χ3v) is 4.84. The first-order valence-corrected chi connectivity index (χ1v) is 8.95. The van der Waals surface area contributed by atoms with E-state index in [4.69, 9.17) is 28.4 Å². The maximum atomic E-state index is 11.2. The molecule has 0 fully saturated rings. The van der Waals surface area contributed by atoms with Crippen molar-refractivity contribution in [3.8, 4) is 23.0 Å². The van der Waals surface area contributed by atoms with E-state index >= 15 is 0 Å². The van der Waals surface area contributed by atoms with Crippen molar-refractivity contribution in [2.24, 2.45) is 0 Å². The average Bonchev–Trinajstić information content (AvgIpc) is 3.38. The molecule has 0 unspecified atom stereocenters. The molecule has 0 radical (unpaired) electrons. The lowest BCUT2D eigenvalue weighted by molar-refractivity contribution is -0.101. The maximum absolute atomic E-state index is 11.2. The molecule has 150 valence electrons. The lowest BCUT2D eigenvalue weighted by Crippen LogP contribution is -2.35. The first-order valence-electron chi connectivity index (χ1n) is 8.95. The van der Waals surface area contributed by atoms with Crippen LogP contribution in [0.3, 0.4) is 0 Å². The minimum Gasteiger partial charge on any atom is -0.454 e. The third-order valence-electron chi connectivity index (χ3n) is 4.84. The fourth-order valence-electron chi connectivity index (χ4n) is 3.29. The predicted octanol–water partition coefficient (Wildman–Crippen LogP) is 2.13. The van der Waals surface area contributed by atoms with Gasteiger partial charge < -0.3 is 38.8 Å². The Kier molecular flexibility index (Phi) is 5.54. The molecule has 0 saturated carbocycles. The van der Waals surface area contributed by atoms with Crippen LogP contribution in [-0.2, 0) is 9.47 Å². The number of hydrogen-bond acceptors (Lipinski definition) is 8. The van der Waals surface area contributed by atoms with Gasteiger partial charge in [0.05, 0.1) is 12.1 Å². The molecule has 2 atom stereocenters. The zero-order valence-corrected chi connectivity index (χ0v) is 15.7. The minimum absolute atomic E-state index is 0.183. The second kappa shape index (κ2) is 8.24. The summed E-state index contributed by atoms with van der Waals surface area (Å²) in [5, 5.41) is 14.5. The molecular weight excluding hydrogens is 366 g/mol. The zero-order valence-electron chi connectivity index (χ0n) is 15.7. The van der Waals surface area contributed by atoms with E-state index in [1.807, 2.05) is 24.3 Å². The largest absolute Gasteiger partial charge is 0.454 e. The highest BCUT2D eigenvalue weighted by Crippen LogP contribution is 2.40. The van der Waals surface area contributed by atoms with Gasteiger partial charge in [0, 0.05) is 20.8 Å². The normalized spacial score (nSPS) is 16.4. The number of fused-ring (bicyclic) bond motifs is 2. The Balaban J connectivity index is 1.61. The minimum atomic E-state index is -0.857. The lowest BCUT2D eigenvalue weighted by Gasteiger charge is -2.27. The van der Waals surface area contributed by atoms with Crippen LogP contribution in [0.4, 0.5) is 0 Å². The summed E-state index contributed by atoms with van der Waals surface area (Å²) in [6.07, 6.45) is -1.30. The molecule has 2 aliphatic rings. The maximum Gasteiger partial charge on any atom is 0.231 e. The number of benzene rings is 2. The van der Waals surface area contributed by atoms with Gasteiger partial charge in [0.15, 0.2) is 29.3 Å². The molecule has 2 aromatic rings. The molecule has 0 bridgehead atoms. The van der Waals surface area contributed by atoms with Gasteiger partial charge in [0.25, 0.3) is 0 Å². The highest BCUT2D eigenvalue weighted by Gasteiger charge is 2.27. The Morgan fingerprint density at radius 2 is 1.39 bits per heavy atom. The molecule has 2 heterocycles. The first-order chi connectivity index (χ1) is 13.7. The Bertz CT molecular complexity index is 824. The highest BCUT2D eigenvalue weighted by molar-refractivity contribution is 5.48. The quantitative estimate of drug-likeness (QED) is 0.664. The number of hydrogen-bond donors (Lipinski definition) is 2. The lowest BCUT2D eigenvalue weighted by atomic mass is 9.95. The van der Waals surface area contributed by atoms with E-state index in [0.717, 1.165) is 5.56 Å². The van der Waals surface area contributed by atoms with E-state index in [1.165, 1.54) is 0 Å². The first kappa shape index (κ1) is 18.8. The van der Waals surface area contributed by atoms with Crippen LogP contribution in [0.25, 0.3) is 0 Å². The SMILES string of the molecule is COC(CN[C@@H](c1ccc2c(c1)OCO2)[C@@H](O)c1ccc2c(c1)OCO2)OC. The van der Waals surface area contributed by atoms with E-state index in [9.17, 15) is 5.11 Å². The number of nitrogens with one attached hydrogen (secondary N) is 1. The number of aliphatic hydroxyl groups excluding tert-OH is 1. The smallest absolute Gasteiger partial charge is 0.231 e. The summed E-state index contributed by atoms with van der Waals surface area (Å²) in [7, 11) is 3.14. The van der Waals surface area contributed by atoms with Gasteiger partial charge in [-0.15, -0.1) is 0 Å². The molecule has 2 aliphatic heterocycles. The summed E-state index contributed by atoms with van der Waals surface area (Å²) in [4.78, 5) is 0. The van der Waals surface area contributed by atoms with Crippen LogP contribution >= 0.6 is 0 Å². The molecule has 28 heavy (non-hydrogen) atoms. The van der Waals surface area contributed by atoms with Crippen LogP contribution in [0.15, 0.2) is 36.4 Å². The molecular formula is C20H23NO7. The van der Waals surface area contributed by atoms with Crippen molar-refractivity contribution in [2.75, 3.05) is 34.4 Å². The van der Waals surface area contributed by atoms with Crippen molar-refractivity contribution in [3.63, 3.8) is 0 Å². The van der Waals surface area contributed by atoms with Crippen molar-refractivity contribution >= 4 is 0 Å². The van der Waals surface area contributed by atoms with Crippen molar-refractivity contribution in [1.82, 2.24) is 5.32 Å². The monoisotopic (exact) mass is 389 g/mol. The van der Waals surface area contributed by atoms with Crippen molar-refractivity contribution in [2.45, 2.75) is 18.4 Å². The molecule has 2 aromatic carbocycles. The Labute approximate surface area is 162 Å². The number of rotatable bonds is 8.